The van der Waals surface area contributed by atoms with Crippen LogP contribution in [0.4, 0.5) is 30.4 Å². The highest BCUT2D eigenvalue weighted by Crippen LogP contribution is 2.32. The Morgan fingerprint density at radius 3 is 1.49 bits per heavy atom. The zero-order valence-electron chi connectivity index (χ0n) is 33.6. The number of halogens is 3. The van der Waals surface area contributed by atoms with Gasteiger partial charge in [-0.1, -0.05) is 62.0 Å². The number of thiazole rings is 2. The zero-order valence-corrected chi connectivity index (χ0v) is 38.4. The number of nitrogens with zero attached hydrogens (tertiary/aromatic N) is 2. The van der Waals surface area contributed by atoms with E-state index < -0.39 is 55.3 Å². The second-order valence-electron chi connectivity index (χ2n) is 13.4. The number of carbonyl (C=O) groups excluding carboxylic acids is 4. The molecule has 0 bridgehead atoms. The van der Waals surface area contributed by atoms with Crippen molar-refractivity contribution in [2.45, 2.75) is 45.0 Å². The quantitative estimate of drug-likeness (QED) is 0.0584. The van der Waals surface area contributed by atoms with Gasteiger partial charge in [0.2, 0.25) is 20.0 Å². The molecule has 0 aliphatic rings. The van der Waals surface area contributed by atoms with Crippen LogP contribution in [0.3, 0.4) is 0 Å². The van der Waals surface area contributed by atoms with Gasteiger partial charge >= 0.3 is 23.6 Å². The molecule has 6 N–H and O–H groups in total. The van der Waals surface area contributed by atoms with Crippen LogP contribution in [0.2, 0.25) is 4.34 Å². The van der Waals surface area contributed by atoms with E-state index in [0.717, 1.165) is 59.5 Å². The van der Waals surface area contributed by atoms with Gasteiger partial charge in [-0.05, 0) is 42.4 Å². The van der Waals surface area contributed by atoms with Crippen LogP contribution in [0.5, 0.6) is 11.5 Å². The summed E-state index contributed by atoms with van der Waals surface area (Å²) in [6, 6.07) is 7.09. The van der Waals surface area contributed by atoms with Gasteiger partial charge in [0.1, 0.15) is 27.5 Å². The maximum Gasteiger partial charge on any atom is 0.315 e. The van der Waals surface area contributed by atoms with E-state index in [-0.39, 0.29) is 68.1 Å². The number of hydrogen-bond donors (Lipinski definition) is 6. The zero-order chi connectivity index (χ0) is 45.7. The van der Waals surface area contributed by atoms with Crippen LogP contribution in [0.25, 0.3) is 0 Å². The summed E-state index contributed by atoms with van der Waals surface area (Å²) in [5, 5.41) is 9.58. The summed E-state index contributed by atoms with van der Waals surface area (Å²) in [7, 11) is -6.86. The predicted molar refractivity (Wildman–Crippen MR) is 232 cm³/mol. The molecule has 0 aliphatic heterocycles. The van der Waals surface area contributed by atoms with Crippen LogP contribution in [-0.4, -0.2) is 82.4 Å². The monoisotopic (exact) mass is 968 g/mol. The summed E-state index contributed by atoms with van der Waals surface area (Å²) < 4.78 is 88.3. The van der Waals surface area contributed by atoms with Gasteiger partial charge < -0.3 is 20.1 Å². The number of benzene rings is 2. The van der Waals surface area contributed by atoms with E-state index in [1.165, 1.54) is 23.9 Å². The predicted octanol–water partition coefficient (Wildman–Crippen LogP) is 5.26. The number of hydrogen-bond acceptors (Lipinski definition) is 15. The third kappa shape index (κ3) is 18.2. The molecule has 18 nitrogen and oxygen atoms in total. The number of sulfonamides is 2. The minimum absolute atomic E-state index is 0.0147. The van der Waals surface area contributed by atoms with Crippen LogP contribution in [0.1, 0.15) is 39.1 Å². The van der Waals surface area contributed by atoms with Crippen molar-refractivity contribution in [2.24, 2.45) is 11.8 Å². The van der Waals surface area contributed by atoms with Gasteiger partial charge in [0, 0.05) is 12.1 Å². The van der Waals surface area contributed by atoms with Crippen molar-refractivity contribution in [3.8, 4) is 11.5 Å². The minimum Gasteiger partial charge on any atom is -0.491 e. The number of nitrogens with one attached hydrogen (secondary N) is 6. The number of ether oxygens (including phenoxy) is 2. The molecule has 4 aromatic rings. The van der Waals surface area contributed by atoms with Gasteiger partial charge in [0.15, 0.2) is 10.3 Å². The average Bonchev–Trinajstić information content (AvgIpc) is 3.73. The van der Waals surface area contributed by atoms with E-state index >= 15 is 0 Å². The highest BCUT2D eigenvalue weighted by atomic mass is 35.5. The average molecular weight is 970 g/mol. The lowest BCUT2D eigenvalue weighted by Gasteiger charge is -2.13. The van der Waals surface area contributed by atoms with Gasteiger partial charge in [0.25, 0.3) is 0 Å². The van der Waals surface area contributed by atoms with Gasteiger partial charge in [0.05, 0.1) is 65.8 Å². The molecular weight excluding hydrogens is 926 g/mol. The van der Waals surface area contributed by atoms with Crippen molar-refractivity contribution >= 4 is 111 Å². The van der Waals surface area contributed by atoms with E-state index in [4.69, 9.17) is 21.1 Å². The van der Waals surface area contributed by atoms with Crippen LogP contribution in [-0.2, 0) is 52.3 Å². The molecule has 0 unspecified atom stereocenters. The molecule has 61 heavy (non-hydrogen) atoms. The highest BCUT2D eigenvalue weighted by Gasteiger charge is 2.22. The van der Waals surface area contributed by atoms with E-state index in [9.17, 15) is 44.8 Å². The second-order valence-corrected chi connectivity index (χ2v) is 20.7. The molecule has 0 atom stereocenters. The molecule has 334 valence electrons. The largest absolute Gasteiger partial charge is 0.491 e. The number of amides is 4. The standard InChI is InChI=1S/C18H23FN4O5S3.C17H20ClFN4O5S2/c1-10(2)9-28-14-7-11(19)5-6-12(14)21-15(24)16(25)23-18-22-13(17(29-3)30-18)8-20-31(4,26)27;1-9(2)8-28-13-6-10(19)4-5-11(13)21-15(24)16(25)23-17-22-12(14(18)29-17)7-20-30(3,26)27/h5-7,10,20H,8-9H2,1-4H3,(H,21,24)(H,22,23,25);4-6,9,20H,7-8H2,1-3H3,(H,21,24)(H,22,23,25). The van der Waals surface area contributed by atoms with Crippen molar-refractivity contribution in [1.82, 2.24) is 19.4 Å². The summed E-state index contributed by atoms with van der Waals surface area (Å²) in [6.07, 6.45) is 3.79. The highest BCUT2D eigenvalue weighted by molar-refractivity contribution is 8.00. The second kappa shape index (κ2) is 23.1. The van der Waals surface area contributed by atoms with Crippen molar-refractivity contribution in [3.63, 3.8) is 0 Å². The van der Waals surface area contributed by atoms with Crippen LogP contribution < -0.4 is 40.2 Å². The Hall–Kier alpha value is -4.50. The molecule has 2 aromatic carbocycles. The first-order valence-corrected chi connectivity index (χ1v) is 24.6. The Bertz CT molecular complexity index is 2430. The lowest BCUT2D eigenvalue weighted by Crippen LogP contribution is -2.29. The third-order valence-electron chi connectivity index (χ3n) is 6.88. The summed E-state index contributed by atoms with van der Waals surface area (Å²) in [5.74, 6) is -4.58. The Labute approximate surface area is 368 Å². The number of rotatable bonds is 17. The van der Waals surface area contributed by atoms with Crippen molar-refractivity contribution < 1.29 is 54.3 Å². The molecule has 0 fully saturated rings. The number of thioether (sulfide) groups is 1. The number of carbonyl (C=O) groups is 4. The topological polar surface area (TPSA) is 253 Å². The van der Waals surface area contributed by atoms with Gasteiger partial charge in [-0.15, -0.1) is 11.8 Å². The summed E-state index contributed by atoms with van der Waals surface area (Å²) in [4.78, 5) is 57.2. The van der Waals surface area contributed by atoms with Crippen molar-refractivity contribution in [3.05, 3.63) is 63.8 Å². The van der Waals surface area contributed by atoms with Crippen molar-refractivity contribution in [1.29, 1.82) is 0 Å². The fraction of sp³-hybridized carbons (Fsp3) is 0.371. The lowest BCUT2D eigenvalue weighted by atomic mass is 10.2. The smallest absolute Gasteiger partial charge is 0.315 e. The number of aromatic nitrogens is 2. The molecular formula is C35H43ClF2N8O10S5. The molecule has 2 aromatic heterocycles. The SMILES string of the molecule is CC(C)COc1cc(F)ccc1NC(=O)C(=O)Nc1nc(CNS(C)(=O)=O)c(Cl)s1.CSc1sc(NC(=O)C(=O)Nc2ccc(F)cc2OCC(C)C)nc1CNS(C)(=O)=O. The molecule has 2 heterocycles. The fourth-order valence-corrected chi connectivity index (χ4v) is 7.64. The molecule has 0 saturated carbocycles. The van der Waals surface area contributed by atoms with Crippen LogP contribution in [0, 0.1) is 23.5 Å². The van der Waals surface area contributed by atoms with Gasteiger partial charge in [-0.3, -0.25) is 29.8 Å². The van der Waals surface area contributed by atoms with Gasteiger partial charge in [-0.2, -0.15) is 0 Å². The molecule has 4 amide bonds. The minimum atomic E-state index is -3.45. The molecule has 0 aliphatic carbocycles. The normalized spacial score (nSPS) is 11.4. The molecule has 0 saturated heterocycles. The molecule has 0 radical (unpaired) electrons. The van der Waals surface area contributed by atoms with E-state index in [1.54, 1.807) is 6.26 Å². The first-order valence-electron chi connectivity index (χ1n) is 17.6. The summed E-state index contributed by atoms with van der Waals surface area (Å²) >= 11 is 9.29. The van der Waals surface area contributed by atoms with E-state index in [2.05, 4.69) is 40.7 Å². The first kappa shape index (κ1) is 50.9. The van der Waals surface area contributed by atoms with Crippen LogP contribution in [0.15, 0.2) is 40.6 Å². The maximum absolute atomic E-state index is 13.5. The van der Waals surface area contributed by atoms with Crippen molar-refractivity contribution in [2.75, 3.05) is 53.2 Å². The molecule has 4 rings (SSSR count). The number of anilines is 4. The fourth-order valence-electron chi connectivity index (χ4n) is 4.17. The Morgan fingerprint density at radius 2 is 1.08 bits per heavy atom. The Balaban J connectivity index is 0.000000325. The molecule has 0 spiro atoms. The first-order chi connectivity index (χ1) is 28.4. The Morgan fingerprint density at radius 1 is 0.689 bits per heavy atom. The van der Waals surface area contributed by atoms with Gasteiger partial charge in [-0.25, -0.2) is 45.0 Å². The maximum atomic E-state index is 13.5. The van der Waals surface area contributed by atoms with E-state index in [0.29, 0.717) is 23.1 Å². The van der Waals surface area contributed by atoms with Crippen LogP contribution >= 0.6 is 46.0 Å². The van der Waals surface area contributed by atoms with E-state index in [1.807, 2.05) is 27.7 Å². The third-order valence-corrected chi connectivity index (χ3v) is 11.6. The molecule has 26 heteroatoms. The summed E-state index contributed by atoms with van der Waals surface area (Å²) in [5.41, 5.74) is 0.920. The summed E-state index contributed by atoms with van der Waals surface area (Å²) in [6.45, 7) is 8.04. The lowest BCUT2D eigenvalue weighted by molar-refractivity contribution is -0.133. The Kier molecular flexibility index (Phi) is 19.2.